The number of aldehydes is 1. The van der Waals surface area contributed by atoms with E-state index in [0.29, 0.717) is 0 Å². The summed E-state index contributed by atoms with van der Waals surface area (Å²) in [6.07, 6.45) is 11.3. The third-order valence-electron chi connectivity index (χ3n) is 1.93. The SMILES string of the molecule is COC1=CC=C(/C=C(\C)C=O)C=CC1. The molecule has 0 radical (unpaired) electrons. The summed E-state index contributed by atoms with van der Waals surface area (Å²) in [7, 11) is 1.66. The average Bonchev–Trinajstić information content (AvgIpc) is 2.43. The van der Waals surface area contributed by atoms with Gasteiger partial charge >= 0.3 is 0 Å². The molecule has 0 amide bonds. The van der Waals surface area contributed by atoms with E-state index in [2.05, 4.69) is 0 Å². The second-order valence-electron chi connectivity index (χ2n) is 3.12. The Balaban J connectivity index is 2.85. The standard InChI is InChI=1S/C12H14O2/c1-10(9-13)8-11-4-3-5-12(14-2)7-6-11/h3-4,6-9H,5H2,1-2H3/b10-8+. The van der Waals surface area contributed by atoms with Crippen molar-refractivity contribution in [1.82, 2.24) is 0 Å². The molecule has 0 aromatic heterocycles. The summed E-state index contributed by atoms with van der Waals surface area (Å²) >= 11 is 0. The predicted molar refractivity (Wildman–Crippen MR) is 56.8 cm³/mol. The first kappa shape index (κ1) is 10.5. The van der Waals surface area contributed by atoms with Crippen LogP contribution in [0.5, 0.6) is 0 Å². The Morgan fingerprint density at radius 2 is 2.29 bits per heavy atom. The van der Waals surface area contributed by atoms with Gasteiger partial charge < -0.3 is 4.74 Å². The molecular formula is C12H14O2. The molecule has 0 unspecified atom stereocenters. The molecule has 0 fully saturated rings. The second-order valence-corrected chi connectivity index (χ2v) is 3.12. The Morgan fingerprint density at radius 1 is 1.50 bits per heavy atom. The van der Waals surface area contributed by atoms with E-state index < -0.39 is 0 Å². The Labute approximate surface area is 84.3 Å². The molecule has 0 aromatic carbocycles. The smallest absolute Gasteiger partial charge is 0.145 e. The topological polar surface area (TPSA) is 26.3 Å². The molecule has 1 rings (SSSR count). The van der Waals surface area contributed by atoms with Crippen LogP contribution in [0.15, 0.2) is 47.3 Å². The highest BCUT2D eigenvalue weighted by atomic mass is 16.5. The number of methoxy groups -OCH3 is 1. The maximum Gasteiger partial charge on any atom is 0.145 e. The Bertz CT molecular complexity index is 330. The van der Waals surface area contributed by atoms with Crippen LogP contribution < -0.4 is 0 Å². The molecule has 0 aromatic rings. The summed E-state index contributed by atoms with van der Waals surface area (Å²) in [5.41, 5.74) is 1.73. The van der Waals surface area contributed by atoms with E-state index >= 15 is 0 Å². The van der Waals surface area contributed by atoms with Crippen molar-refractivity contribution in [2.24, 2.45) is 0 Å². The summed E-state index contributed by atoms with van der Waals surface area (Å²) in [5.74, 6) is 0.924. The van der Waals surface area contributed by atoms with Crippen LogP contribution in [0.1, 0.15) is 13.3 Å². The molecule has 0 saturated heterocycles. The summed E-state index contributed by atoms with van der Waals surface area (Å²) in [4.78, 5) is 10.4. The van der Waals surface area contributed by atoms with Gasteiger partial charge in [-0.25, -0.2) is 0 Å². The first-order valence-electron chi connectivity index (χ1n) is 4.51. The van der Waals surface area contributed by atoms with Crippen molar-refractivity contribution in [1.29, 1.82) is 0 Å². The van der Waals surface area contributed by atoms with E-state index in [1.165, 1.54) is 0 Å². The zero-order valence-corrected chi connectivity index (χ0v) is 8.49. The van der Waals surface area contributed by atoms with Crippen molar-refractivity contribution in [3.05, 3.63) is 47.3 Å². The fraction of sp³-hybridized carbons (Fsp3) is 0.250. The number of ether oxygens (including phenoxy) is 1. The minimum absolute atomic E-state index is 0.718. The van der Waals surface area contributed by atoms with Gasteiger partial charge in [0, 0.05) is 6.42 Å². The minimum atomic E-state index is 0.718. The van der Waals surface area contributed by atoms with Crippen LogP contribution in [0.25, 0.3) is 0 Å². The highest BCUT2D eigenvalue weighted by Gasteiger charge is 1.97. The molecule has 2 nitrogen and oxygen atoms in total. The third-order valence-corrected chi connectivity index (χ3v) is 1.93. The monoisotopic (exact) mass is 190 g/mol. The van der Waals surface area contributed by atoms with E-state index in [0.717, 1.165) is 29.6 Å². The molecule has 0 bridgehead atoms. The van der Waals surface area contributed by atoms with Crippen LogP contribution in [0.3, 0.4) is 0 Å². The predicted octanol–water partition coefficient (Wildman–Crippen LogP) is 2.55. The fourth-order valence-corrected chi connectivity index (χ4v) is 1.17. The molecule has 0 saturated carbocycles. The van der Waals surface area contributed by atoms with Gasteiger partial charge in [-0.15, -0.1) is 0 Å². The first-order valence-corrected chi connectivity index (χ1v) is 4.51. The summed E-state index contributed by atoms with van der Waals surface area (Å²) in [6.45, 7) is 1.79. The molecule has 0 heterocycles. The lowest BCUT2D eigenvalue weighted by Gasteiger charge is -1.98. The highest BCUT2D eigenvalue weighted by Crippen LogP contribution is 2.13. The molecular weight excluding hydrogens is 176 g/mol. The van der Waals surface area contributed by atoms with Crippen LogP contribution in [0.4, 0.5) is 0 Å². The van der Waals surface area contributed by atoms with Crippen LogP contribution in [0, 0.1) is 0 Å². The van der Waals surface area contributed by atoms with E-state index in [4.69, 9.17) is 4.74 Å². The maximum absolute atomic E-state index is 10.4. The first-order chi connectivity index (χ1) is 6.76. The van der Waals surface area contributed by atoms with Gasteiger partial charge in [0.25, 0.3) is 0 Å². The molecule has 0 N–H and O–H groups in total. The molecule has 0 aliphatic heterocycles. The van der Waals surface area contributed by atoms with Crippen LogP contribution in [-0.2, 0) is 9.53 Å². The highest BCUT2D eigenvalue weighted by molar-refractivity contribution is 5.73. The third kappa shape index (κ3) is 3.05. The van der Waals surface area contributed by atoms with Crippen molar-refractivity contribution in [3.63, 3.8) is 0 Å². The zero-order chi connectivity index (χ0) is 10.4. The van der Waals surface area contributed by atoms with E-state index in [1.54, 1.807) is 14.0 Å². The summed E-state index contributed by atoms with van der Waals surface area (Å²) < 4.78 is 5.13. The Kier molecular flexibility index (Phi) is 3.92. The Morgan fingerprint density at radius 3 is 2.93 bits per heavy atom. The van der Waals surface area contributed by atoms with E-state index in [9.17, 15) is 4.79 Å². The lowest BCUT2D eigenvalue weighted by Crippen LogP contribution is -1.81. The second kappa shape index (κ2) is 5.22. The van der Waals surface area contributed by atoms with Gasteiger partial charge in [0.2, 0.25) is 0 Å². The van der Waals surface area contributed by atoms with Gasteiger partial charge in [0.15, 0.2) is 0 Å². The number of carbonyl (C=O) groups is 1. The van der Waals surface area contributed by atoms with E-state index in [-0.39, 0.29) is 0 Å². The van der Waals surface area contributed by atoms with Gasteiger partial charge in [0.05, 0.1) is 12.9 Å². The minimum Gasteiger partial charge on any atom is -0.501 e. The molecule has 1 aliphatic carbocycles. The van der Waals surface area contributed by atoms with Crippen molar-refractivity contribution in [2.75, 3.05) is 7.11 Å². The average molecular weight is 190 g/mol. The number of carbonyl (C=O) groups excluding carboxylic acids is 1. The number of allylic oxidation sites excluding steroid dienone is 7. The van der Waals surface area contributed by atoms with Crippen LogP contribution in [-0.4, -0.2) is 13.4 Å². The number of rotatable bonds is 3. The van der Waals surface area contributed by atoms with Gasteiger partial charge in [-0.2, -0.15) is 0 Å². The molecule has 0 atom stereocenters. The van der Waals surface area contributed by atoms with Crippen molar-refractivity contribution in [2.45, 2.75) is 13.3 Å². The van der Waals surface area contributed by atoms with E-state index in [1.807, 2.05) is 30.4 Å². The van der Waals surface area contributed by atoms with Gasteiger partial charge in [-0.3, -0.25) is 4.79 Å². The molecule has 0 spiro atoms. The Hall–Kier alpha value is -1.57. The molecule has 1 aliphatic rings. The fourth-order valence-electron chi connectivity index (χ4n) is 1.17. The largest absolute Gasteiger partial charge is 0.501 e. The van der Waals surface area contributed by atoms with Crippen LogP contribution in [0.2, 0.25) is 0 Å². The van der Waals surface area contributed by atoms with Crippen molar-refractivity contribution in [3.8, 4) is 0 Å². The summed E-state index contributed by atoms with van der Waals surface area (Å²) in [5, 5.41) is 0. The van der Waals surface area contributed by atoms with Gasteiger partial charge in [0.1, 0.15) is 6.29 Å². The zero-order valence-electron chi connectivity index (χ0n) is 8.49. The quantitative estimate of drug-likeness (QED) is 0.505. The number of hydrogen-bond acceptors (Lipinski definition) is 2. The maximum atomic E-state index is 10.4. The van der Waals surface area contributed by atoms with Gasteiger partial charge in [-0.1, -0.05) is 18.2 Å². The molecule has 74 valence electrons. The van der Waals surface area contributed by atoms with Crippen molar-refractivity contribution < 1.29 is 9.53 Å². The lowest BCUT2D eigenvalue weighted by atomic mass is 10.1. The van der Waals surface area contributed by atoms with Crippen LogP contribution >= 0.6 is 0 Å². The number of hydrogen-bond donors (Lipinski definition) is 0. The lowest BCUT2D eigenvalue weighted by molar-refractivity contribution is -0.104. The normalized spacial score (nSPS) is 16.9. The molecule has 2 heteroatoms. The van der Waals surface area contributed by atoms with Crippen molar-refractivity contribution >= 4 is 6.29 Å². The van der Waals surface area contributed by atoms with Gasteiger partial charge in [-0.05, 0) is 30.2 Å². The molecule has 14 heavy (non-hydrogen) atoms. The summed E-state index contributed by atoms with van der Waals surface area (Å²) in [6, 6.07) is 0.